The highest BCUT2D eigenvalue weighted by Gasteiger charge is 2.23. The van der Waals surface area contributed by atoms with E-state index in [0.29, 0.717) is 16.3 Å². The number of hydrogen-bond acceptors (Lipinski definition) is 0. The van der Waals surface area contributed by atoms with Crippen molar-refractivity contribution in [2.75, 3.05) is 0 Å². The molecule has 0 saturated carbocycles. The maximum Gasteiger partial charge on any atom is 0.133 e. The summed E-state index contributed by atoms with van der Waals surface area (Å²) in [5.41, 5.74) is 0.355. The van der Waals surface area contributed by atoms with Crippen molar-refractivity contribution in [2.45, 2.75) is 13.1 Å². The predicted molar refractivity (Wildman–Crippen MR) is 94.3 cm³/mol. The lowest BCUT2D eigenvalue weighted by molar-refractivity contribution is 0.590. The minimum atomic E-state index is -1.30. The number of hydrogen-bond donors (Lipinski definition) is 0. The van der Waals surface area contributed by atoms with Gasteiger partial charge in [0.2, 0.25) is 0 Å². The molecular formula is C20H15F4Si. The molecule has 0 bridgehead atoms. The number of benzene rings is 3. The SMILES string of the molecule is C[Si](C)c1c(-c2c(F)cccc2F)cccc1-c1c(F)cccc1F. The summed E-state index contributed by atoms with van der Waals surface area (Å²) in [7, 11) is -1.30. The summed E-state index contributed by atoms with van der Waals surface area (Å²) >= 11 is 0. The van der Waals surface area contributed by atoms with Crippen molar-refractivity contribution in [3.05, 3.63) is 77.9 Å². The van der Waals surface area contributed by atoms with Gasteiger partial charge in [0, 0.05) is 0 Å². The Kier molecular flexibility index (Phi) is 4.77. The van der Waals surface area contributed by atoms with E-state index in [-0.39, 0.29) is 11.1 Å². The summed E-state index contributed by atoms with van der Waals surface area (Å²) < 4.78 is 57.2. The highest BCUT2D eigenvalue weighted by atomic mass is 28.3. The van der Waals surface area contributed by atoms with Crippen molar-refractivity contribution in [3.63, 3.8) is 0 Å². The zero-order chi connectivity index (χ0) is 18.1. The van der Waals surface area contributed by atoms with Gasteiger partial charge in [-0.1, -0.05) is 43.4 Å². The first-order chi connectivity index (χ1) is 11.9. The Bertz CT molecular complexity index is 825. The molecule has 0 fully saturated rings. The Hall–Kier alpha value is -2.40. The van der Waals surface area contributed by atoms with Crippen molar-refractivity contribution in [1.82, 2.24) is 0 Å². The summed E-state index contributed by atoms with van der Waals surface area (Å²) in [5.74, 6) is -2.79. The molecule has 1 radical (unpaired) electrons. The topological polar surface area (TPSA) is 0 Å². The first-order valence-electron chi connectivity index (χ1n) is 7.74. The highest BCUT2D eigenvalue weighted by molar-refractivity contribution is 6.73. The van der Waals surface area contributed by atoms with E-state index in [9.17, 15) is 17.6 Å². The largest absolute Gasteiger partial charge is 0.206 e. The van der Waals surface area contributed by atoms with Crippen LogP contribution in [0.4, 0.5) is 17.6 Å². The third-order valence-electron chi connectivity index (χ3n) is 4.03. The Balaban J connectivity index is 2.38. The fourth-order valence-corrected chi connectivity index (χ4v) is 4.51. The average Bonchev–Trinajstić information content (AvgIpc) is 2.54. The van der Waals surface area contributed by atoms with Gasteiger partial charge < -0.3 is 0 Å². The molecule has 0 nitrogen and oxygen atoms in total. The van der Waals surface area contributed by atoms with Crippen molar-refractivity contribution in [3.8, 4) is 22.3 Å². The van der Waals surface area contributed by atoms with E-state index in [0.717, 1.165) is 0 Å². The second-order valence-corrected chi connectivity index (χ2v) is 8.42. The van der Waals surface area contributed by atoms with Gasteiger partial charge in [-0.2, -0.15) is 0 Å². The summed E-state index contributed by atoms with van der Waals surface area (Å²) in [6.45, 7) is 3.84. The summed E-state index contributed by atoms with van der Waals surface area (Å²) in [6, 6.07) is 12.0. The third kappa shape index (κ3) is 3.12. The lowest BCUT2D eigenvalue weighted by atomic mass is 9.97. The molecule has 0 aliphatic heterocycles. The minimum absolute atomic E-state index is 0.165. The van der Waals surface area contributed by atoms with E-state index in [1.165, 1.54) is 36.4 Å². The van der Waals surface area contributed by atoms with Gasteiger partial charge in [0.25, 0.3) is 0 Å². The van der Waals surface area contributed by atoms with Gasteiger partial charge in [0.05, 0.1) is 19.9 Å². The second kappa shape index (κ2) is 6.84. The van der Waals surface area contributed by atoms with Gasteiger partial charge in [-0.05, 0) is 40.6 Å². The lowest BCUT2D eigenvalue weighted by Crippen LogP contribution is -2.28. The molecule has 0 aliphatic rings. The van der Waals surface area contributed by atoms with Crippen molar-refractivity contribution in [1.29, 1.82) is 0 Å². The van der Waals surface area contributed by atoms with E-state index in [1.54, 1.807) is 18.2 Å². The molecule has 0 heterocycles. The van der Waals surface area contributed by atoms with Crippen LogP contribution in [0.5, 0.6) is 0 Å². The molecule has 127 valence electrons. The van der Waals surface area contributed by atoms with E-state index in [1.807, 2.05) is 13.1 Å². The van der Waals surface area contributed by atoms with Gasteiger partial charge in [-0.3, -0.25) is 0 Å². The summed E-state index contributed by atoms with van der Waals surface area (Å²) in [4.78, 5) is 0. The molecular weight excluding hydrogens is 344 g/mol. The Morgan fingerprint density at radius 2 is 0.880 bits per heavy atom. The fourth-order valence-electron chi connectivity index (χ4n) is 3.02. The molecule has 25 heavy (non-hydrogen) atoms. The van der Waals surface area contributed by atoms with Gasteiger partial charge in [0.1, 0.15) is 23.3 Å². The lowest BCUT2D eigenvalue weighted by Gasteiger charge is -2.19. The van der Waals surface area contributed by atoms with E-state index in [4.69, 9.17) is 0 Å². The molecule has 3 aromatic carbocycles. The normalized spacial score (nSPS) is 11.2. The van der Waals surface area contributed by atoms with Crippen LogP contribution in [0.1, 0.15) is 0 Å². The maximum absolute atomic E-state index is 14.3. The van der Waals surface area contributed by atoms with Crippen LogP contribution in [-0.4, -0.2) is 8.80 Å². The zero-order valence-electron chi connectivity index (χ0n) is 13.7. The molecule has 0 saturated heterocycles. The van der Waals surface area contributed by atoms with Crippen LogP contribution >= 0.6 is 0 Å². The Labute approximate surface area is 145 Å². The fraction of sp³-hybridized carbons (Fsp3) is 0.100. The predicted octanol–water partition coefficient (Wildman–Crippen LogP) is 5.54. The van der Waals surface area contributed by atoms with E-state index in [2.05, 4.69) is 0 Å². The molecule has 0 aromatic heterocycles. The third-order valence-corrected chi connectivity index (χ3v) is 5.57. The van der Waals surface area contributed by atoms with Crippen LogP contribution in [-0.2, 0) is 0 Å². The van der Waals surface area contributed by atoms with Crippen LogP contribution in [0.15, 0.2) is 54.6 Å². The van der Waals surface area contributed by atoms with Crippen LogP contribution in [0.3, 0.4) is 0 Å². The summed E-state index contributed by atoms with van der Waals surface area (Å²) in [5, 5.41) is 0.598. The van der Waals surface area contributed by atoms with Crippen LogP contribution in [0.2, 0.25) is 13.1 Å². The van der Waals surface area contributed by atoms with Crippen molar-refractivity contribution >= 4 is 14.0 Å². The highest BCUT2D eigenvalue weighted by Crippen LogP contribution is 2.31. The van der Waals surface area contributed by atoms with Gasteiger partial charge in [-0.15, -0.1) is 0 Å². The quantitative estimate of drug-likeness (QED) is 0.426. The molecule has 0 unspecified atom stereocenters. The van der Waals surface area contributed by atoms with Gasteiger partial charge in [-0.25, -0.2) is 17.6 Å². The van der Waals surface area contributed by atoms with Crippen molar-refractivity contribution in [2.24, 2.45) is 0 Å². The van der Waals surface area contributed by atoms with Gasteiger partial charge in [0.15, 0.2) is 0 Å². The molecule has 0 N–H and O–H groups in total. The average molecular weight is 359 g/mol. The van der Waals surface area contributed by atoms with E-state index < -0.39 is 32.1 Å². The monoisotopic (exact) mass is 359 g/mol. The Morgan fingerprint density at radius 3 is 1.20 bits per heavy atom. The van der Waals surface area contributed by atoms with E-state index >= 15 is 0 Å². The van der Waals surface area contributed by atoms with Crippen LogP contribution in [0.25, 0.3) is 22.3 Å². The molecule has 0 atom stereocenters. The maximum atomic E-state index is 14.3. The number of halogens is 4. The zero-order valence-corrected chi connectivity index (χ0v) is 14.7. The molecule has 3 rings (SSSR count). The molecule has 0 aliphatic carbocycles. The van der Waals surface area contributed by atoms with Gasteiger partial charge >= 0.3 is 0 Å². The minimum Gasteiger partial charge on any atom is -0.206 e. The molecule has 3 aromatic rings. The smallest absolute Gasteiger partial charge is 0.133 e. The first-order valence-corrected chi connectivity index (χ1v) is 10.2. The van der Waals surface area contributed by atoms with Crippen LogP contribution < -0.4 is 5.19 Å². The molecule has 5 heteroatoms. The molecule has 0 amide bonds. The second-order valence-electron chi connectivity index (χ2n) is 5.92. The molecule has 0 spiro atoms. The standard InChI is InChI=1S/C20H15F4Si/c1-25(2)20-12(18-14(21)8-4-9-15(18)22)6-3-7-13(20)19-16(23)10-5-11-17(19)24/h3-11H,1-2H3. The summed E-state index contributed by atoms with van der Waals surface area (Å²) in [6.07, 6.45) is 0. The van der Waals surface area contributed by atoms with Crippen LogP contribution in [0, 0.1) is 23.3 Å². The number of rotatable bonds is 3. The Morgan fingerprint density at radius 1 is 0.560 bits per heavy atom. The van der Waals surface area contributed by atoms with Crippen molar-refractivity contribution < 1.29 is 17.6 Å². The first kappa shape index (κ1) is 17.4.